The highest BCUT2D eigenvalue weighted by atomic mass is 32.1. The fourth-order valence-electron chi connectivity index (χ4n) is 3.55. The van der Waals surface area contributed by atoms with E-state index < -0.39 is 0 Å². The molecule has 0 saturated carbocycles. The second-order valence-corrected chi connectivity index (χ2v) is 7.94. The first-order valence-corrected chi connectivity index (χ1v) is 10.8. The van der Waals surface area contributed by atoms with Gasteiger partial charge in [0.15, 0.2) is 0 Å². The summed E-state index contributed by atoms with van der Waals surface area (Å²) < 4.78 is 10.8. The van der Waals surface area contributed by atoms with E-state index in [9.17, 15) is 4.79 Å². The highest BCUT2D eigenvalue weighted by Crippen LogP contribution is 2.28. The Kier molecular flexibility index (Phi) is 6.19. The average molecular weight is 413 g/mol. The lowest BCUT2D eigenvalue weighted by atomic mass is 9.98. The number of nitrogens with zero attached hydrogens (tertiary/aromatic N) is 4. The number of amides is 1. The lowest BCUT2D eigenvalue weighted by Gasteiger charge is -2.31. The van der Waals surface area contributed by atoms with Crippen molar-refractivity contribution in [2.24, 2.45) is 0 Å². The Morgan fingerprint density at radius 1 is 1.34 bits per heavy atom. The SMILES string of the molecule is CCOc1ccc(-c2noc(CCC(=O)N3CCCC(c4nccs4)C3)n2)cc1. The summed E-state index contributed by atoms with van der Waals surface area (Å²) in [6.45, 7) is 4.13. The Morgan fingerprint density at radius 3 is 2.97 bits per heavy atom. The molecule has 3 aromatic rings. The molecule has 1 saturated heterocycles. The van der Waals surface area contributed by atoms with Crippen LogP contribution in [0.4, 0.5) is 0 Å². The van der Waals surface area contributed by atoms with Gasteiger partial charge in [-0.2, -0.15) is 4.98 Å². The minimum atomic E-state index is 0.132. The van der Waals surface area contributed by atoms with Crippen LogP contribution in [0, 0.1) is 0 Å². The number of aromatic nitrogens is 3. The van der Waals surface area contributed by atoms with Crippen molar-refractivity contribution < 1.29 is 14.1 Å². The first-order chi connectivity index (χ1) is 14.2. The summed E-state index contributed by atoms with van der Waals surface area (Å²) in [6, 6.07) is 7.57. The number of ether oxygens (including phenoxy) is 1. The monoisotopic (exact) mass is 412 g/mol. The van der Waals surface area contributed by atoms with E-state index in [1.54, 1.807) is 11.3 Å². The number of thiazole rings is 1. The lowest BCUT2D eigenvalue weighted by Crippen LogP contribution is -2.39. The lowest BCUT2D eigenvalue weighted by molar-refractivity contribution is -0.132. The molecule has 0 bridgehead atoms. The number of piperidine rings is 1. The Labute approximate surface area is 173 Å². The zero-order valence-electron chi connectivity index (χ0n) is 16.4. The largest absolute Gasteiger partial charge is 0.494 e. The normalized spacial score (nSPS) is 16.7. The first kappa shape index (κ1) is 19.6. The summed E-state index contributed by atoms with van der Waals surface area (Å²) in [5, 5.41) is 7.16. The van der Waals surface area contributed by atoms with Crippen molar-refractivity contribution in [1.29, 1.82) is 0 Å². The van der Waals surface area contributed by atoms with Crippen molar-refractivity contribution in [3.05, 3.63) is 46.7 Å². The molecule has 0 N–H and O–H groups in total. The topological polar surface area (TPSA) is 81.4 Å². The summed E-state index contributed by atoms with van der Waals surface area (Å²) in [5.74, 6) is 2.30. The van der Waals surface area contributed by atoms with Crippen LogP contribution in [0.5, 0.6) is 5.75 Å². The second-order valence-electron chi connectivity index (χ2n) is 7.02. The van der Waals surface area contributed by atoms with Crippen LogP contribution >= 0.6 is 11.3 Å². The van der Waals surface area contributed by atoms with Crippen LogP contribution in [0.1, 0.15) is 43.0 Å². The number of likely N-dealkylation sites (tertiary alicyclic amines) is 1. The van der Waals surface area contributed by atoms with Gasteiger partial charge in [0.25, 0.3) is 0 Å². The van der Waals surface area contributed by atoms with Crippen LogP contribution in [-0.2, 0) is 11.2 Å². The second kappa shape index (κ2) is 9.17. The molecule has 1 aromatic carbocycles. The van der Waals surface area contributed by atoms with Crippen molar-refractivity contribution >= 4 is 17.2 Å². The van der Waals surface area contributed by atoms with E-state index >= 15 is 0 Å². The van der Waals surface area contributed by atoms with Gasteiger partial charge in [-0.1, -0.05) is 5.16 Å². The third-order valence-electron chi connectivity index (χ3n) is 5.02. The van der Waals surface area contributed by atoms with Gasteiger partial charge in [-0.15, -0.1) is 11.3 Å². The van der Waals surface area contributed by atoms with E-state index in [-0.39, 0.29) is 5.91 Å². The van der Waals surface area contributed by atoms with Crippen LogP contribution in [0.25, 0.3) is 11.4 Å². The van der Waals surface area contributed by atoms with Gasteiger partial charge in [0.2, 0.25) is 17.6 Å². The fourth-order valence-corrected chi connectivity index (χ4v) is 4.32. The smallest absolute Gasteiger partial charge is 0.227 e. The van der Waals surface area contributed by atoms with Gasteiger partial charge < -0.3 is 14.2 Å². The maximum absolute atomic E-state index is 12.7. The molecule has 4 rings (SSSR count). The Hall–Kier alpha value is -2.74. The van der Waals surface area contributed by atoms with Gasteiger partial charge in [-0.25, -0.2) is 4.98 Å². The molecule has 1 fully saturated rings. The van der Waals surface area contributed by atoms with Crippen LogP contribution in [0.2, 0.25) is 0 Å². The molecule has 1 aliphatic rings. The van der Waals surface area contributed by atoms with Crippen molar-refractivity contribution in [2.75, 3.05) is 19.7 Å². The minimum Gasteiger partial charge on any atom is -0.494 e. The molecule has 1 atom stereocenters. The van der Waals surface area contributed by atoms with E-state index in [2.05, 4.69) is 15.1 Å². The van der Waals surface area contributed by atoms with Crippen LogP contribution in [-0.4, -0.2) is 45.6 Å². The van der Waals surface area contributed by atoms with Gasteiger partial charge in [0, 0.05) is 49.0 Å². The van der Waals surface area contributed by atoms with E-state index in [0.29, 0.717) is 37.1 Å². The molecular weight excluding hydrogens is 388 g/mol. The number of hydrogen-bond donors (Lipinski definition) is 0. The third-order valence-corrected chi connectivity index (χ3v) is 5.96. The van der Waals surface area contributed by atoms with Crippen LogP contribution in [0.15, 0.2) is 40.4 Å². The maximum Gasteiger partial charge on any atom is 0.227 e. The van der Waals surface area contributed by atoms with Gasteiger partial charge in [0.05, 0.1) is 11.6 Å². The summed E-state index contributed by atoms with van der Waals surface area (Å²) in [4.78, 5) is 23.5. The molecule has 152 valence electrons. The predicted molar refractivity (Wildman–Crippen MR) is 110 cm³/mol. The molecule has 1 aliphatic heterocycles. The maximum atomic E-state index is 12.7. The van der Waals surface area contributed by atoms with Gasteiger partial charge in [-0.05, 0) is 44.0 Å². The number of aryl methyl sites for hydroxylation is 1. The molecule has 2 aromatic heterocycles. The zero-order valence-corrected chi connectivity index (χ0v) is 17.2. The van der Waals surface area contributed by atoms with E-state index in [4.69, 9.17) is 9.26 Å². The summed E-state index contributed by atoms with van der Waals surface area (Å²) >= 11 is 1.67. The minimum absolute atomic E-state index is 0.132. The van der Waals surface area contributed by atoms with Crippen molar-refractivity contribution in [1.82, 2.24) is 20.0 Å². The molecule has 0 spiro atoms. The van der Waals surface area contributed by atoms with Crippen molar-refractivity contribution in [2.45, 2.75) is 38.5 Å². The molecule has 0 aliphatic carbocycles. The van der Waals surface area contributed by atoms with Gasteiger partial charge >= 0.3 is 0 Å². The average Bonchev–Trinajstić information content (AvgIpc) is 3.45. The molecule has 8 heteroatoms. The zero-order chi connectivity index (χ0) is 20.1. The van der Waals surface area contributed by atoms with Crippen molar-refractivity contribution in [3.63, 3.8) is 0 Å². The number of carbonyl (C=O) groups is 1. The molecule has 1 amide bonds. The number of benzene rings is 1. The van der Waals surface area contributed by atoms with Crippen LogP contribution in [0.3, 0.4) is 0 Å². The Morgan fingerprint density at radius 2 is 2.21 bits per heavy atom. The first-order valence-electron chi connectivity index (χ1n) is 9.96. The molecule has 0 radical (unpaired) electrons. The number of rotatable bonds is 7. The van der Waals surface area contributed by atoms with Gasteiger partial charge in [-0.3, -0.25) is 4.79 Å². The Balaban J connectivity index is 1.31. The Bertz CT molecular complexity index is 924. The van der Waals surface area contributed by atoms with E-state index in [1.807, 2.05) is 47.7 Å². The van der Waals surface area contributed by atoms with E-state index in [1.165, 1.54) is 0 Å². The van der Waals surface area contributed by atoms with E-state index in [0.717, 1.165) is 42.3 Å². The predicted octanol–water partition coefficient (Wildman–Crippen LogP) is 3.93. The quantitative estimate of drug-likeness (QED) is 0.585. The molecule has 3 heterocycles. The molecule has 29 heavy (non-hydrogen) atoms. The highest BCUT2D eigenvalue weighted by Gasteiger charge is 2.26. The standard InChI is InChI=1S/C21H24N4O3S/c1-2-27-17-7-5-15(6-8-17)20-23-18(28-24-20)9-10-19(26)25-12-3-4-16(14-25)21-22-11-13-29-21/h5-8,11,13,16H,2-4,9-10,12,14H2,1H3. The molecule has 7 nitrogen and oxygen atoms in total. The van der Waals surface area contributed by atoms with Crippen LogP contribution < -0.4 is 4.74 Å². The van der Waals surface area contributed by atoms with Gasteiger partial charge in [0.1, 0.15) is 5.75 Å². The molecular formula is C21H24N4O3S. The summed E-state index contributed by atoms with van der Waals surface area (Å²) in [5.41, 5.74) is 0.858. The van der Waals surface area contributed by atoms with Crippen molar-refractivity contribution in [3.8, 4) is 17.1 Å². The summed E-state index contributed by atoms with van der Waals surface area (Å²) in [7, 11) is 0. The third kappa shape index (κ3) is 4.82. The summed E-state index contributed by atoms with van der Waals surface area (Å²) in [6.07, 6.45) is 4.75. The number of carbonyl (C=O) groups excluding carboxylic acids is 1. The highest BCUT2D eigenvalue weighted by molar-refractivity contribution is 7.09. The fraction of sp³-hybridized carbons (Fsp3) is 0.429. The number of hydrogen-bond acceptors (Lipinski definition) is 7. The molecule has 1 unspecified atom stereocenters.